The molecule has 1 rings (SSSR count). The molecule has 0 saturated carbocycles. The SMILES string of the molecule is CC/C=C\C/C=C\C/C=C\C/C=C\C/C=C\C/C=C\CCCCCCCCCC(O)C(=O)NC(COC1OC(CO)C(O)C(O)C1OC(=O)CCCCCCCCCCCCCCCCCCCCCCC)C(O)/C=C/CCCCCCCCCCC. The Morgan fingerprint density at radius 3 is 1.24 bits per heavy atom. The number of allylic oxidation sites excluding steroid dienone is 13. The molecule has 0 aromatic carbocycles. The second kappa shape index (κ2) is 63.0. The van der Waals surface area contributed by atoms with Crippen LogP contribution in [0.5, 0.6) is 0 Å². The molecule has 0 spiro atoms. The second-order valence-corrected chi connectivity index (χ2v) is 24.9. The average Bonchev–Trinajstić information content (AvgIpc) is 1.30. The van der Waals surface area contributed by atoms with Crippen molar-refractivity contribution in [3.05, 3.63) is 85.1 Å². The van der Waals surface area contributed by atoms with Crippen LogP contribution in [0.25, 0.3) is 0 Å². The second-order valence-electron chi connectivity index (χ2n) is 24.9. The average molecular weight is 1220 g/mol. The third-order valence-electron chi connectivity index (χ3n) is 16.8. The number of amides is 1. The van der Waals surface area contributed by atoms with E-state index in [1.807, 2.05) is 6.08 Å². The van der Waals surface area contributed by atoms with E-state index in [1.54, 1.807) is 6.08 Å². The van der Waals surface area contributed by atoms with Crippen LogP contribution in [0.3, 0.4) is 0 Å². The van der Waals surface area contributed by atoms with Gasteiger partial charge < -0.3 is 45.1 Å². The lowest BCUT2D eigenvalue weighted by Gasteiger charge is -2.41. The van der Waals surface area contributed by atoms with E-state index in [4.69, 9.17) is 14.2 Å². The predicted molar refractivity (Wildman–Crippen MR) is 366 cm³/mol. The molecule has 0 bridgehead atoms. The number of unbranched alkanes of at least 4 members (excludes halogenated alkanes) is 36. The monoisotopic (exact) mass is 1220 g/mol. The van der Waals surface area contributed by atoms with Crippen LogP contribution in [0, 0.1) is 0 Å². The van der Waals surface area contributed by atoms with E-state index in [1.165, 1.54) is 161 Å². The lowest BCUT2D eigenvalue weighted by molar-refractivity contribution is -0.305. The summed E-state index contributed by atoms with van der Waals surface area (Å²) in [4.78, 5) is 26.7. The van der Waals surface area contributed by atoms with Crippen molar-refractivity contribution in [3.8, 4) is 0 Å². The Balaban J connectivity index is 2.55. The van der Waals surface area contributed by atoms with Crippen molar-refractivity contribution in [2.75, 3.05) is 13.2 Å². The molecule has 0 aromatic heterocycles. The van der Waals surface area contributed by atoms with Crippen LogP contribution in [0.1, 0.15) is 323 Å². The fourth-order valence-electron chi connectivity index (χ4n) is 11.1. The Hall–Kier alpha value is -3.16. The molecule has 1 fully saturated rings. The van der Waals surface area contributed by atoms with Crippen molar-refractivity contribution < 1.29 is 49.3 Å². The molecule has 11 nitrogen and oxygen atoms in total. The highest BCUT2D eigenvalue weighted by atomic mass is 16.7. The number of aliphatic hydroxyl groups is 5. The van der Waals surface area contributed by atoms with E-state index >= 15 is 0 Å². The molecule has 8 atom stereocenters. The molecule has 0 aromatic rings. The van der Waals surface area contributed by atoms with Crippen molar-refractivity contribution >= 4 is 11.9 Å². The number of rotatable bonds is 62. The van der Waals surface area contributed by atoms with Gasteiger partial charge in [-0.15, -0.1) is 0 Å². The van der Waals surface area contributed by atoms with E-state index in [-0.39, 0.29) is 19.4 Å². The largest absolute Gasteiger partial charge is 0.454 e. The third kappa shape index (κ3) is 50.2. The third-order valence-corrected chi connectivity index (χ3v) is 16.8. The number of hydrogen-bond donors (Lipinski definition) is 6. The molecular weight excluding hydrogens is 1090 g/mol. The van der Waals surface area contributed by atoms with Gasteiger partial charge in [-0.2, -0.15) is 0 Å². The lowest BCUT2D eigenvalue weighted by Crippen LogP contribution is -2.61. The number of esters is 1. The smallest absolute Gasteiger partial charge is 0.306 e. The first-order valence-corrected chi connectivity index (χ1v) is 36.4. The van der Waals surface area contributed by atoms with Crippen molar-refractivity contribution in [1.82, 2.24) is 5.32 Å². The van der Waals surface area contributed by atoms with Gasteiger partial charge in [-0.25, -0.2) is 0 Å². The number of hydrogen-bond acceptors (Lipinski definition) is 10. The quantitative estimate of drug-likeness (QED) is 0.0195. The molecule has 0 radical (unpaired) electrons. The summed E-state index contributed by atoms with van der Waals surface area (Å²) in [7, 11) is 0. The van der Waals surface area contributed by atoms with Crippen LogP contribution in [-0.2, 0) is 23.8 Å². The van der Waals surface area contributed by atoms with Crippen molar-refractivity contribution in [1.29, 1.82) is 0 Å². The molecule has 1 aliphatic rings. The number of nitrogens with one attached hydrogen (secondary N) is 1. The van der Waals surface area contributed by atoms with Crippen LogP contribution >= 0.6 is 0 Å². The van der Waals surface area contributed by atoms with Gasteiger partial charge >= 0.3 is 5.97 Å². The first-order valence-electron chi connectivity index (χ1n) is 36.4. The lowest BCUT2D eigenvalue weighted by atomic mass is 9.99. The molecule has 1 heterocycles. The highest BCUT2D eigenvalue weighted by molar-refractivity contribution is 5.80. The molecule has 0 aliphatic carbocycles. The predicted octanol–water partition coefficient (Wildman–Crippen LogP) is 18.8. The molecule has 1 amide bonds. The topological polar surface area (TPSA) is 175 Å². The molecule has 8 unspecified atom stereocenters. The minimum absolute atomic E-state index is 0.124. The van der Waals surface area contributed by atoms with E-state index in [0.29, 0.717) is 12.8 Å². The zero-order valence-electron chi connectivity index (χ0n) is 56.1. The Morgan fingerprint density at radius 1 is 0.460 bits per heavy atom. The van der Waals surface area contributed by atoms with Gasteiger partial charge in [0.15, 0.2) is 12.4 Å². The van der Waals surface area contributed by atoms with Gasteiger partial charge in [-0.3, -0.25) is 9.59 Å². The first kappa shape index (κ1) is 81.9. The summed E-state index contributed by atoms with van der Waals surface area (Å²) in [6.07, 6.45) is 73.4. The van der Waals surface area contributed by atoms with Gasteiger partial charge in [0, 0.05) is 6.42 Å². The molecular formula is C76H135NO10. The molecule has 11 heteroatoms. The maximum atomic E-state index is 13.5. The fourth-order valence-corrected chi connectivity index (χ4v) is 11.1. The standard InChI is InChI=1S/C76H135NO10/c1-4-7-10-13-16-19-22-24-26-28-30-32-33-34-35-36-38-39-41-43-45-48-51-54-57-60-63-69(80)75(84)77-67(68(79)62-59-56-53-50-47-21-18-15-12-9-6-3)66-85-76-74(73(83)72(82)70(65-78)86-76)87-71(81)64-61-58-55-52-49-46-44-42-40-37-31-29-27-25-23-20-17-14-11-8-5-2/h7,10,16,19,24,26,30,32,34-35,38-39,59,62,67-70,72-74,76,78-80,82-83H,4-6,8-9,11-15,17-18,20-23,25,27-29,31,33,36-37,40-58,60-61,63-66H2,1-3H3,(H,77,84)/b10-7-,19-16-,26-24-,32-30-,35-34-,39-38-,62-59+. The summed E-state index contributed by atoms with van der Waals surface area (Å²) in [5.74, 6) is -1.20. The number of aliphatic hydroxyl groups excluding tert-OH is 5. The van der Waals surface area contributed by atoms with Crippen molar-refractivity contribution in [3.63, 3.8) is 0 Å². The van der Waals surface area contributed by atoms with E-state index in [9.17, 15) is 35.1 Å². The van der Waals surface area contributed by atoms with Gasteiger partial charge in [0.2, 0.25) is 5.91 Å². The van der Waals surface area contributed by atoms with Crippen LogP contribution in [0.4, 0.5) is 0 Å². The van der Waals surface area contributed by atoms with Crippen LogP contribution < -0.4 is 5.32 Å². The zero-order chi connectivity index (χ0) is 63.1. The maximum Gasteiger partial charge on any atom is 0.306 e. The molecule has 1 saturated heterocycles. The van der Waals surface area contributed by atoms with E-state index in [0.717, 1.165) is 116 Å². The molecule has 504 valence electrons. The summed E-state index contributed by atoms with van der Waals surface area (Å²) in [5, 5.41) is 57.2. The highest BCUT2D eigenvalue weighted by Gasteiger charge is 2.47. The minimum atomic E-state index is -1.62. The molecule has 87 heavy (non-hydrogen) atoms. The van der Waals surface area contributed by atoms with Gasteiger partial charge in [0.05, 0.1) is 25.4 Å². The fraction of sp³-hybridized carbons (Fsp3) is 0.789. The Morgan fingerprint density at radius 2 is 0.828 bits per heavy atom. The number of carbonyl (C=O) groups excluding carboxylic acids is 2. The number of carbonyl (C=O) groups is 2. The Kier molecular flexibility index (Phi) is 59.3. The minimum Gasteiger partial charge on any atom is -0.454 e. The summed E-state index contributed by atoms with van der Waals surface area (Å²) in [6, 6.07) is -1.03. The summed E-state index contributed by atoms with van der Waals surface area (Å²) >= 11 is 0. The van der Waals surface area contributed by atoms with Crippen LogP contribution in [-0.4, -0.2) is 99.6 Å². The van der Waals surface area contributed by atoms with E-state index < -0.39 is 67.4 Å². The maximum absolute atomic E-state index is 13.5. The van der Waals surface area contributed by atoms with Crippen LogP contribution in [0.2, 0.25) is 0 Å². The van der Waals surface area contributed by atoms with Gasteiger partial charge in [0.1, 0.15) is 24.4 Å². The summed E-state index contributed by atoms with van der Waals surface area (Å²) in [5.41, 5.74) is 0. The highest BCUT2D eigenvalue weighted by Crippen LogP contribution is 2.26. The van der Waals surface area contributed by atoms with E-state index in [2.05, 4.69) is 99.0 Å². The van der Waals surface area contributed by atoms with Crippen LogP contribution in [0.15, 0.2) is 85.1 Å². The van der Waals surface area contributed by atoms with Gasteiger partial charge in [-0.05, 0) is 77.0 Å². The Bertz CT molecular complexity index is 1740. The summed E-state index contributed by atoms with van der Waals surface area (Å²) < 4.78 is 17.7. The van der Waals surface area contributed by atoms with Gasteiger partial charge in [-0.1, -0.05) is 324 Å². The Labute approximate surface area is 533 Å². The first-order chi connectivity index (χ1) is 42.7. The normalized spacial score (nSPS) is 18.7. The zero-order valence-corrected chi connectivity index (χ0v) is 56.1. The van der Waals surface area contributed by atoms with Crippen molar-refractivity contribution in [2.45, 2.75) is 372 Å². The van der Waals surface area contributed by atoms with Gasteiger partial charge in [0.25, 0.3) is 0 Å². The summed E-state index contributed by atoms with van der Waals surface area (Å²) in [6.45, 7) is 5.70. The van der Waals surface area contributed by atoms with Crippen molar-refractivity contribution in [2.24, 2.45) is 0 Å². The molecule has 1 aliphatic heterocycles. The molecule has 6 N–H and O–H groups in total. The number of ether oxygens (including phenoxy) is 3.